The van der Waals surface area contributed by atoms with Crippen LogP contribution in [-0.4, -0.2) is 27.4 Å². The predicted molar refractivity (Wildman–Crippen MR) is 87.5 cm³/mol. The molecule has 1 aliphatic rings. The van der Waals surface area contributed by atoms with Gasteiger partial charge in [0, 0.05) is 18.9 Å². The van der Waals surface area contributed by atoms with Crippen molar-refractivity contribution in [1.82, 2.24) is 20.1 Å². The van der Waals surface area contributed by atoms with E-state index in [0.717, 1.165) is 37.0 Å². The van der Waals surface area contributed by atoms with E-state index in [1.165, 1.54) is 19.3 Å². The summed E-state index contributed by atoms with van der Waals surface area (Å²) in [7, 11) is 0. The summed E-state index contributed by atoms with van der Waals surface area (Å²) >= 11 is 0. The van der Waals surface area contributed by atoms with Crippen LogP contribution in [0.1, 0.15) is 71.6 Å². The Morgan fingerprint density at radius 2 is 1.90 bits per heavy atom. The zero-order valence-electron chi connectivity index (χ0n) is 14.4. The van der Waals surface area contributed by atoms with E-state index in [1.807, 2.05) is 0 Å². The molecule has 4 heteroatoms. The third kappa shape index (κ3) is 3.65. The molecule has 120 valence electrons. The van der Waals surface area contributed by atoms with Gasteiger partial charge in [-0.2, -0.15) is 5.10 Å². The molecule has 0 radical (unpaired) electrons. The molecule has 4 nitrogen and oxygen atoms in total. The van der Waals surface area contributed by atoms with Gasteiger partial charge in [0.2, 0.25) is 0 Å². The molecule has 0 spiro atoms. The van der Waals surface area contributed by atoms with Crippen LogP contribution in [0.25, 0.3) is 0 Å². The molecule has 4 unspecified atom stereocenters. The molecule has 1 heterocycles. The van der Waals surface area contributed by atoms with E-state index in [2.05, 4.69) is 44.6 Å². The van der Waals surface area contributed by atoms with E-state index in [1.54, 1.807) is 0 Å². The Morgan fingerprint density at radius 3 is 2.52 bits per heavy atom. The first-order valence-electron chi connectivity index (χ1n) is 8.78. The van der Waals surface area contributed by atoms with Gasteiger partial charge in [0.15, 0.2) is 5.82 Å². The highest BCUT2D eigenvalue weighted by atomic mass is 15.4. The summed E-state index contributed by atoms with van der Waals surface area (Å²) in [5.74, 6) is 3.60. The summed E-state index contributed by atoms with van der Waals surface area (Å²) in [6.45, 7) is 12.4. The van der Waals surface area contributed by atoms with Gasteiger partial charge in [-0.15, -0.1) is 0 Å². The predicted octanol–water partition coefficient (Wildman–Crippen LogP) is 3.38. The van der Waals surface area contributed by atoms with Crippen LogP contribution in [-0.2, 0) is 12.8 Å². The summed E-state index contributed by atoms with van der Waals surface area (Å²) in [4.78, 5) is 4.71. The average Bonchev–Trinajstić information content (AvgIpc) is 2.87. The maximum absolute atomic E-state index is 4.82. The molecule has 4 atom stereocenters. The Balaban J connectivity index is 2.29. The molecule has 1 aromatic rings. The molecule has 21 heavy (non-hydrogen) atoms. The SMILES string of the molecule is CCCNC1CC(C)CC(C)C1n1nc(CC)nc1CC. The summed E-state index contributed by atoms with van der Waals surface area (Å²) in [5.41, 5.74) is 0. The van der Waals surface area contributed by atoms with Gasteiger partial charge in [0.05, 0.1) is 6.04 Å². The lowest BCUT2D eigenvalue weighted by atomic mass is 9.76. The molecule has 1 aliphatic carbocycles. The zero-order chi connectivity index (χ0) is 15.4. The molecule has 0 amide bonds. The van der Waals surface area contributed by atoms with Crippen molar-refractivity contribution in [2.24, 2.45) is 11.8 Å². The molecule has 0 aromatic carbocycles. The first-order valence-corrected chi connectivity index (χ1v) is 8.78. The molecule has 1 fully saturated rings. The highest BCUT2D eigenvalue weighted by molar-refractivity contribution is 5.00. The molecule has 0 saturated heterocycles. The van der Waals surface area contributed by atoms with Gasteiger partial charge in [-0.05, 0) is 37.6 Å². The summed E-state index contributed by atoms with van der Waals surface area (Å²) in [6, 6.07) is 0.982. The van der Waals surface area contributed by atoms with E-state index >= 15 is 0 Å². The van der Waals surface area contributed by atoms with Crippen LogP contribution in [0.2, 0.25) is 0 Å². The van der Waals surface area contributed by atoms with Crippen molar-refractivity contribution in [2.45, 2.75) is 78.8 Å². The van der Waals surface area contributed by atoms with E-state index in [-0.39, 0.29) is 0 Å². The number of nitrogens with zero attached hydrogens (tertiary/aromatic N) is 3. The summed E-state index contributed by atoms with van der Waals surface area (Å²) < 4.78 is 2.25. The Hall–Kier alpha value is -0.900. The second-order valence-corrected chi connectivity index (χ2v) is 6.70. The van der Waals surface area contributed by atoms with Crippen molar-refractivity contribution < 1.29 is 0 Å². The van der Waals surface area contributed by atoms with Crippen LogP contribution in [0.4, 0.5) is 0 Å². The topological polar surface area (TPSA) is 42.7 Å². The van der Waals surface area contributed by atoms with Gasteiger partial charge in [-0.3, -0.25) is 0 Å². The second-order valence-electron chi connectivity index (χ2n) is 6.70. The van der Waals surface area contributed by atoms with Gasteiger partial charge < -0.3 is 5.32 Å². The van der Waals surface area contributed by atoms with Crippen LogP contribution < -0.4 is 5.32 Å². The largest absolute Gasteiger partial charge is 0.312 e. The zero-order valence-corrected chi connectivity index (χ0v) is 14.4. The highest BCUT2D eigenvalue weighted by Crippen LogP contribution is 2.37. The quantitative estimate of drug-likeness (QED) is 0.874. The molecule has 0 aliphatic heterocycles. The Morgan fingerprint density at radius 1 is 1.14 bits per heavy atom. The maximum atomic E-state index is 4.82. The number of rotatable bonds is 6. The molecular formula is C17H32N4. The van der Waals surface area contributed by atoms with Gasteiger partial charge in [-0.25, -0.2) is 9.67 Å². The maximum Gasteiger partial charge on any atom is 0.150 e. The minimum absolute atomic E-state index is 0.454. The van der Waals surface area contributed by atoms with E-state index in [9.17, 15) is 0 Å². The van der Waals surface area contributed by atoms with Crippen molar-refractivity contribution in [2.75, 3.05) is 6.54 Å². The summed E-state index contributed by atoms with van der Waals surface area (Å²) in [5, 5.41) is 8.59. The fourth-order valence-corrected chi connectivity index (χ4v) is 3.82. The number of hydrogen-bond donors (Lipinski definition) is 1. The third-order valence-electron chi connectivity index (χ3n) is 4.74. The Labute approximate surface area is 129 Å². The molecule has 2 rings (SSSR count). The van der Waals surface area contributed by atoms with Crippen LogP contribution in [0.5, 0.6) is 0 Å². The van der Waals surface area contributed by atoms with E-state index < -0.39 is 0 Å². The van der Waals surface area contributed by atoms with Crippen molar-refractivity contribution in [3.63, 3.8) is 0 Å². The van der Waals surface area contributed by atoms with Crippen LogP contribution in [0.3, 0.4) is 0 Å². The van der Waals surface area contributed by atoms with Gasteiger partial charge in [0.1, 0.15) is 5.82 Å². The lowest BCUT2D eigenvalue weighted by Crippen LogP contribution is -2.46. The lowest BCUT2D eigenvalue weighted by Gasteiger charge is -2.40. The Bertz CT molecular complexity index is 440. The van der Waals surface area contributed by atoms with E-state index in [4.69, 9.17) is 10.1 Å². The number of aryl methyl sites for hydroxylation is 2. The number of hydrogen-bond acceptors (Lipinski definition) is 3. The Kier molecular flexibility index (Phi) is 5.80. The van der Waals surface area contributed by atoms with Crippen molar-refractivity contribution in [1.29, 1.82) is 0 Å². The number of nitrogens with one attached hydrogen (secondary N) is 1. The summed E-state index contributed by atoms with van der Waals surface area (Å²) in [6.07, 6.45) is 5.61. The number of aromatic nitrogens is 3. The highest BCUT2D eigenvalue weighted by Gasteiger charge is 2.36. The molecule has 1 aromatic heterocycles. The minimum atomic E-state index is 0.454. The second kappa shape index (κ2) is 7.39. The van der Waals surface area contributed by atoms with Gasteiger partial charge in [-0.1, -0.05) is 34.6 Å². The first kappa shape index (κ1) is 16.5. The normalized spacial score (nSPS) is 29.8. The first-order chi connectivity index (χ1) is 10.1. The van der Waals surface area contributed by atoms with Crippen LogP contribution in [0, 0.1) is 11.8 Å². The third-order valence-corrected chi connectivity index (χ3v) is 4.74. The fourth-order valence-electron chi connectivity index (χ4n) is 3.82. The molecule has 1 saturated carbocycles. The van der Waals surface area contributed by atoms with Crippen LogP contribution in [0.15, 0.2) is 0 Å². The standard InChI is InChI=1S/C17H32N4/c1-6-9-18-14-11-12(4)10-13(5)17(14)21-16(8-3)19-15(7-2)20-21/h12-14,17-18H,6-11H2,1-5H3. The van der Waals surface area contributed by atoms with Crippen molar-refractivity contribution >= 4 is 0 Å². The minimum Gasteiger partial charge on any atom is -0.312 e. The molecule has 0 bridgehead atoms. The lowest BCUT2D eigenvalue weighted by molar-refractivity contribution is 0.140. The molecular weight excluding hydrogens is 260 g/mol. The average molecular weight is 292 g/mol. The van der Waals surface area contributed by atoms with Crippen molar-refractivity contribution in [3.05, 3.63) is 11.6 Å². The van der Waals surface area contributed by atoms with Crippen LogP contribution >= 0.6 is 0 Å². The smallest absolute Gasteiger partial charge is 0.150 e. The monoisotopic (exact) mass is 292 g/mol. The van der Waals surface area contributed by atoms with E-state index in [0.29, 0.717) is 18.0 Å². The van der Waals surface area contributed by atoms with Crippen molar-refractivity contribution in [3.8, 4) is 0 Å². The molecule has 1 N–H and O–H groups in total. The fraction of sp³-hybridized carbons (Fsp3) is 0.882. The van der Waals surface area contributed by atoms with Gasteiger partial charge in [0.25, 0.3) is 0 Å². The van der Waals surface area contributed by atoms with Gasteiger partial charge >= 0.3 is 0 Å².